The number of ether oxygens (including phenoxy) is 1. The lowest BCUT2D eigenvalue weighted by molar-refractivity contribution is 0.479. The molecule has 0 aromatic heterocycles. The second-order valence-corrected chi connectivity index (χ2v) is 39.3. The van der Waals surface area contributed by atoms with Gasteiger partial charge in [0.25, 0.3) is 13.4 Å². The highest BCUT2D eigenvalue weighted by Crippen LogP contribution is 2.61. The van der Waals surface area contributed by atoms with Gasteiger partial charge >= 0.3 is 0 Å². The van der Waals surface area contributed by atoms with E-state index >= 15 is 0 Å². The molecule has 4 heterocycles. The molecule has 0 N–H and O–H groups in total. The summed E-state index contributed by atoms with van der Waals surface area (Å²) in [5.74, 6) is 1.82. The normalized spacial score (nSPS) is 14.4. The van der Waals surface area contributed by atoms with Gasteiger partial charge in [-0.05, 0) is 233 Å². The van der Waals surface area contributed by atoms with E-state index in [0.717, 1.165) is 79.3 Å². The molecule has 4 nitrogen and oxygen atoms in total. The van der Waals surface area contributed by atoms with Gasteiger partial charge in [0.1, 0.15) is 11.5 Å². The van der Waals surface area contributed by atoms with Crippen LogP contribution in [-0.4, -0.2) is 13.4 Å². The van der Waals surface area contributed by atoms with E-state index in [1.165, 1.54) is 116 Å². The first-order valence-corrected chi connectivity index (χ1v) is 41.6. The highest BCUT2D eigenvalue weighted by molar-refractivity contribution is 7.02. The molecular weight excluding hydrogens is 1390 g/mol. The summed E-state index contributed by atoms with van der Waals surface area (Å²) in [6, 6.07) is 116. The van der Waals surface area contributed by atoms with Gasteiger partial charge in [0, 0.05) is 50.9 Å². The van der Waals surface area contributed by atoms with Gasteiger partial charge in [0.05, 0.1) is 16.8 Å². The Labute approximate surface area is 683 Å². The van der Waals surface area contributed by atoms with Crippen molar-refractivity contribution in [3.63, 3.8) is 0 Å². The molecule has 0 amide bonds. The molecule has 0 fully saturated rings. The first-order chi connectivity index (χ1) is 54.8. The molecule has 0 saturated heterocycles. The summed E-state index contributed by atoms with van der Waals surface area (Å²) in [7, 11) is 0. The summed E-state index contributed by atoms with van der Waals surface area (Å²) < 4.78 is 7.64. The van der Waals surface area contributed by atoms with Gasteiger partial charge in [0.2, 0.25) is 0 Å². The fourth-order valence-electron chi connectivity index (χ4n) is 19.5. The summed E-state index contributed by atoms with van der Waals surface area (Å²) in [6.07, 6.45) is 0. The Bertz CT molecular complexity index is 6200. The van der Waals surface area contributed by atoms with E-state index < -0.39 is 5.41 Å². The van der Waals surface area contributed by atoms with Crippen molar-refractivity contribution in [1.82, 2.24) is 0 Å². The van der Waals surface area contributed by atoms with Crippen molar-refractivity contribution in [2.24, 2.45) is 0 Å². The minimum absolute atomic E-state index is 0.133. The molecule has 0 spiro atoms. The summed E-state index contributed by atoms with van der Waals surface area (Å²) in [6.45, 7) is 41.9. The van der Waals surface area contributed by atoms with Gasteiger partial charge in [-0.25, -0.2) is 0 Å². The van der Waals surface area contributed by atoms with Gasteiger partial charge in [-0.15, -0.1) is 0 Å². The van der Waals surface area contributed by atoms with Crippen LogP contribution in [0.15, 0.2) is 297 Å². The van der Waals surface area contributed by atoms with Crippen LogP contribution in [0.1, 0.15) is 180 Å². The maximum absolute atomic E-state index is 7.64. The number of hydrogen-bond acceptors (Lipinski definition) is 4. The third-order valence-corrected chi connectivity index (χ3v) is 25.7. The number of hydrogen-bond donors (Lipinski definition) is 0. The molecule has 6 heteroatoms. The number of rotatable bonds is 8. The zero-order chi connectivity index (χ0) is 79.9. The standard InChI is InChI=1S/C109H103B2N3O/c1-103(2,3)73-51-54-90(83(61-73)68-36-23-19-24-37-68)113-93-67-94-89(111-87-53-50-75(105(7,8)9)64-98(87)115-99-65-78(108(16,17)18)63-97(102(99)111)114(94)91-55-52-74(104(4,5)6)62-84(91)69-38-25-20-26-39-69)66-88(93)110-86-48-33-34-49-92(86)112(79-59-76(106(10,11)12)58-77(60-79)107(13,14)15)95-56-70(57-96(113)101(95)110)80-45-35-46-82-81-44-31-32-47-85(81)109(100(80)82,71-40-27-21-28-41-71)72-42-29-22-30-43-72/h19-67H,1-18H3. The van der Waals surface area contributed by atoms with E-state index in [9.17, 15) is 0 Å². The number of fused-ring (bicyclic) bond motifs is 11. The predicted molar refractivity (Wildman–Crippen MR) is 492 cm³/mol. The lowest BCUT2D eigenvalue weighted by atomic mass is 9.30. The van der Waals surface area contributed by atoms with E-state index in [0.29, 0.717) is 0 Å². The number of benzene rings is 14. The minimum Gasteiger partial charge on any atom is -0.458 e. The molecule has 19 rings (SSSR count). The van der Waals surface area contributed by atoms with Gasteiger partial charge in [-0.2, -0.15) is 0 Å². The number of anilines is 9. The van der Waals surface area contributed by atoms with Crippen molar-refractivity contribution in [3.8, 4) is 56.0 Å². The largest absolute Gasteiger partial charge is 0.458 e. The highest BCUT2D eigenvalue weighted by atomic mass is 16.5. The zero-order valence-electron chi connectivity index (χ0n) is 70.2. The fourth-order valence-corrected chi connectivity index (χ4v) is 19.5. The van der Waals surface area contributed by atoms with E-state index in [-0.39, 0.29) is 45.9 Å². The summed E-state index contributed by atoms with van der Waals surface area (Å²) >= 11 is 0. The third-order valence-electron chi connectivity index (χ3n) is 25.7. The molecule has 0 bridgehead atoms. The Balaban J connectivity index is 1.01. The van der Waals surface area contributed by atoms with Crippen molar-refractivity contribution >= 4 is 97.4 Å². The van der Waals surface area contributed by atoms with Gasteiger partial charge in [-0.1, -0.05) is 343 Å². The molecule has 14 aromatic carbocycles. The van der Waals surface area contributed by atoms with Gasteiger partial charge in [-0.3, -0.25) is 0 Å². The third kappa shape index (κ3) is 11.8. The van der Waals surface area contributed by atoms with Crippen molar-refractivity contribution in [1.29, 1.82) is 0 Å². The molecule has 4 aliphatic heterocycles. The Morgan fingerprint density at radius 1 is 0.243 bits per heavy atom. The van der Waals surface area contributed by atoms with Gasteiger partial charge < -0.3 is 19.4 Å². The van der Waals surface area contributed by atoms with Crippen molar-refractivity contribution in [2.75, 3.05) is 14.7 Å². The van der Waals surface area contributed by atoms with Crippen LogP contribution >= 0.6 is 0 Å². The predicted octanol–water partition coefficient (Wildman–Crippen LogP) is 25.3. The summed E-state index contributed by atoms with van der Waals surface area (Å²) in [4.78, 5) is 8.11. The molecule has 0 saturated carbocycles. The quantitative estimate of drug-likeness (QED) is 0.141. The van der Waals surface area contributed by atoms with E-state index in [1.807, 2.05) is 0 Å². The first kappa shape index (κ1) is 73.6. The molecule has 566 valence electrons. The van der Waals surface area contributed by atoms with Crippen LogP contribution in [-0.2, 0) is 37.9 Å². The average molecular weight is 1490 g/mol. The molecule has 1 aliphatic carbocycles. The van der Waals surface area contributed by atoms with Crippen molar-refractivity contribution in [2.45, 2.75) is 163 Å². The van der Waals surface area contributed by atoms with E-state index in [1.54, 1.807) is 0 Å². The average Bonchev–Trinajstić information content (AvgIpc) is 1.63. The van der Waals surface area contributed by atoms with E-state index in [4.69, 9.17) is 4.74 Å². The van der Waals surface area contributed by atoms with Crippen LogP contribution < -0.4 is 52.2 Å². The maximum atomic E-state index is 7.64. The Hall–Kier alpha value is -11.6. The number of nitrogens with zero attached hydrogens (tertiary/aromatic N) is 3. The smallest absolute Gasteiger partial charge is 0.256 e. The van der Waals surface area contributed by atoms with Crippen LogP contribution in [0, 0.1) is 0 Å². The topological polar surface area (TPSA) is 19.0 Å². The van der Waals surface area contributed by atoms with Crippen LogP contribution in [0.2, 0.25) is 0 Å². The van der Waals surface area contributed by atoms with Crippen LogP contribution in [0.25, 0.3) is 44.5 Å². The maximum Gasteiger partial charge on any atom is 0.256 e. The summed E-state index contributed by atoms with van der Waals surface area (Å²) in [5.41, 5.74) is 37.9. The Morgan fingerprint density at radius 3 is 1.21 bits per heavy atom. The van der Waals surface area contributed by atoms with Crippen LogP contribution in [0.3, 0.4) is 0 Å². The second-order valence-electron chi connectivity index (χ2n) is 39.3. The van der Waals surface area contributed by atoms with Gasteiger partial charge in [0.15, 0.2) is 0 Å². The molecule has 115 heavy (non-hydrogen) atoms. The van der Waals surface area contributed by atoms with Crippen LogP contribution in [0.5, 0.6) is 11.5 Å². The lowest BCUT2D eigenvalue weighted by Crippen LogP contribution is -2.64. The number of para-hydroxylation sites is 1. The first-order valence-electron chi connectivity index (χ1n) is 41.6. The molecule has 0 atom stereocenters. The van der Waals surface area contributed by atoms with E-state index in [2.05, 4.69) is 437 Å². The molecule has 5 aliphatic rings. The van der Waals surface area contributed by atoms with Crippen LogP contribution in [0.4, 0.5) is 51.2 Å². The van der Waals surface area contributed by atoms with Crippen molar-refractivity contribution < 1.29 is 4.74 Å². The summed E-state index contributed by atoms with van der Waals surface area (Å²) in [5, 5.41) is 0. The second kappa shape index (κ2) is 26.2. The highest BCUT2D eigenvalue weighted by Gasteiger charge is 2.52. The molecular formula is C109H103B2N3O. The Morgan fingerprint density at radius 2 is 0.670 bits per heavy atom. The monoisotopic (exact) mass is 1490 g/mol. The Kier molecular flexibility index (Phi) is 16.8. The fraction of sp³-hybridized carbons (Fsp3) is 0.229. The van der Waals surface area contributed by atoms with Crippen molar-refractivity contribution in [3.05, 3.63) is 353 Å². The minimum atomic E-state index is -0.711. The molecule has 0 unspecified atom stereocenters. The lowest BCUT2D eigenvalue weighted by Gasteiger charge is -2.47. The SMILES string of the molecule is CC(C)(C)c1cc(N2c3ccccc3B3c4cc5c(cc4N(c4ccc(C(C)(C)C)cc4-c4ccccc4)c4cc(-c6cccc7c6C(c6ccccc6)(c6ccccc6)c6ccccc6-7)cc2c43)N(c2ccc(C(C)(C)C)cc2-c2ccccc2)c2cc(C(C)(C)C)cc3c2B5c2ccc(C(C)(C)C)cc2O3)cc(C(C)(C)C)c1. The molecule has 0 radical (unpaired) electrons. The molecule has 14 aromatic rings. The zero-order valence-corrected chi connectivity index (χ0v) is 70.2.